The maximum Gasteiger partial charge on any atom is 0.326 e. The summed E-state index contributed by atoms with van der Waals surface area (Å²) in [5, 5.41) is 10.1. The quantitative estimate of drug-likeness (QED) is 0.365. The predicted molar refractivity (Wildman–Crippen MR) is 143 cm³/mol. The summed E-state index contributed by atoms with van der Waals surface area (Å²) in [5.41, 5.74) is 7.53. The van der Waals surface area contributed by atoms with Gasteiger partial charge in [-0.3, -0.25) is 9.59 Å². The molecule has 3 aromatic carbocycles. The second kappa shape index (κ2) is 12.2. The zero-order valence-corrected chi connectivity index (χ0v) is 21.5. The van der Waals surface area contributed by atoms with Gasteiger partial charge < -0.3 is 20.5 Å². The van der Waals surface area contributed by atoms with Crippen LogP contribution in [0.15, 0.2) is 78.9 Å². The fourth-order valence-electron chi connectivity index (χ4n) is 4.58. The largest absolute Gasteiger partial charge is 0.493 e. The van der Waals surface area contributed by atoms with Crippen LogP contribution in [0.1, 0.15) is 49.5 Å². The van der Waals surface area contributed by atoms with Crippen molar-refractivity contribution in [2.45, 2.75) is 51.6 Å². The van der Waals surface area contributed by atoms with E-state index in [9.17, 15) is 19.5 Å². The summed E-state index contributed by atoms with van der Waals surface area (Å²) in [4.78, 5) is 39.2. The van der Waals surface area contributed by atoms with Gasteiger partial charge in [0, 0.05) is 23.1 Å². The highest BCUT2D eigenvalue weighted by atomic mass is 16.5. The molecule has 1 atom stereocenters. The number of nitrogens with zero attached hydrogens (tertiary/aromatic N) is 1. The molecule has 0 saturated heterocycles. The standard InChI is InChI=1S/C30H34N2O5/c1-4-37-26-13-9-8-12-24(26)22-14-16-23(17-15-22)28(34)32(25(29(35)36)18-19-27(31)33)30(2,3)20-21-10-6-5-7-11-21/h5-17,25H,4,18-20H2,1-3H3,(H2,31,33)(H,35,36)/t25-/m0/s1. The maximum atomic E-state index is 13.9. The average molecular weight is 503 g/mol. The Morgan fingerprint density at radius 3 is 2.16 bits per heavy atom. The number of ether oxygens (including phenoxy) is 1. The Labute approximate surface area is 217 Å². The molecular weight excluding hydrogens is 468 g/mol. The van der Waals surface area contributed by atoms with Crippen LogP contribution in [0.2, 0.25) is 0 Å². The van der Waals surface area contributed by atoms with E-state index in [-0.39, 0.29) is 12.8 Å². The van der Waals surface area contributed by atoms with E-state index in [1.807, 2.05) is 87.5 Å². The van der Waals surface area contributed by atoms with Gasteiger partial charge in [-0.2, -0.15) is 0 Å². The topological polar surface area (TPSA) is 110 Å². The maximum absolute atomic E-state index is 13.9. The van der Waals surface area contributed by atoms with Gasteiger partial charge in [-0.05, 0) is 62.9 Å². The molecule has 3 aromatic rings. The summed E-state index contributed by atoms with van der Waals surface area (Å²) < 4.78 is 5.73. The molecule has 0 heterocycles. The fraction of sp³-hybridized carbons (Fsp3) is 0.300. The molecule has 0 unspecified atom stereocenters. The van der Waals surface area contributed by atoms with Crippen LogP contribution in [0.5, 0.6) is 5.75 Å². The molecule has 0 aromatic heterocycles. The number of amides is 2. The van der Waals surface area contributed by atoms with Crippen molar-refractivity contribution in [3.63, 3.8) is 0 Å². The Morgan fingerprint density at radius 2 is 1.57 bits per heavy atom. The lowest BCUT2D eigenvalue weighted by molar-refractivity contribution is -0.144. The molecule has 3 rings (SSSR count). The second-order valence-electron chi connectivity index (χ2n) is 9.52. The number of primary amides is 1. The number of carbonyl (C=O) groups excluding carboxylic acids is 2. The van der Waals surface area contributed by atoms with E-state index in [2.05, 4.69) is 0 Å². The van der Waals surface area contributed by atoms with Crippen molar-refractivity contribution in [3.8, 4) is 16.9 Å². The van der Waals surface area contributed by atoms with E-state index < -0.39 is 29.4 Å². The first-order valence-corrected chi connectivity index (χ1v) is 12.3. The molecule has 0 spiro atoms. The van der Waals surface area contributed by atoms with Crippen molar-refractivity contribution in [3.05, 3.63) is 90.0 Å². The Hall–Kier alpha value is -4.13. The molecule has 2 amide bonds. The van der Waals surface area contributed by atoms with Gasteiger partial charge in [0.2, 0.25) is 5.91 Å². The molecular formula is C30H34N2O5. The van der Waals surface area contributed by atoms with Gasteiger partial charge in [0.25, 0.3) is 5.91 Å². The van der Waals surface area contributed by atoms with Crippen molar-refractivity contribution in [1.29, 1.82) is 0 Å². The third-order valence-corrected chi connectivity index (χ3v) is 6.24. The zero-order chi connectivity index (χ0) is 27.0. The molecule has 3 N–H and O–H groups in total. The minimum atomic E-state index is -1.22. The van der Waals surface area contributed by atoms with Crippen molar-refractivity contribution in [1.82, 2.24) is 4.90 Å². The second-order valence-corrected chi connectivity index (χ2v) is 9.52. The van der Waals surface area contributed by atoms with Crippen LogP contribution < -0.4 is 10.5 Å². The van der Waals surface area contributed by atoms with Crippen molar-refractivity contribution >= 4 is 17.8 Å². The number of carboxylic acid groups (broad SMARTS) is 1. The van der Waals surface area contributed by atoms with Crippen LogP contribution in [0.4, 0.5) is 0 Å². The number of aliphatic carboxylic acids is 1. The van der Waals surface area contributed by atoms with E-state index in [1.165, 1.54) is 4.90 Å². The number of benzene rings is 3. The Morgan fingerprint density at radius 1 is 0.946 bits per heavy atom. The van der Waals surface area contributed by atoms with E-state index in [1.54, 1.807) is 12.1 Å². The van der Waals surface area contributed by atoms with E-state index in [4.69, 9.17) is 10.5 Å². The van der Waals surface area contributed by atoms with E-state index in [0.717, 1.165) is 22.4 Å². The number of rotatable bonds is 12. The smallest absolute Gasteiger partial charge is 0.326 e. The first kappa shape index (κ1) is 27.5. The van der Waals surface area contributed by atoms with Crippen LogP contribution >= 0.6 is 0 Å². The average Bonchev–Trinajstić information content (AvgIpc) is 2.86. The molecule has 0 bridgehead atoms. The molecule has 0 radical (unpaired) electrons. The molecule has 7 nitrogen and oxygen atoms in total. The highest BCUT2D eigenvalue weighted by molar-refractivity contribution is 5.97. The fourth-order valence-corrected chi connectivity index (χ4v) is 4.58. The van der Waals surface area contributed by atoms with Gasteiger partial charge >= 0.3 is 5.97 Å². The highest BCUT2D eigenvalue weighted by Gasteiger charge is 2.40. The minimum absolute atomic E-state index is 0.0750. The van der Waals surface area contributed by atoms with Gasteiger partial charge in [-0.1, -0.05) is 60.7 Å². The van der Waals surface area contributed by atoms with Gasteiger partial charge in [0.05, 0.1) is 6.61 Å². The molecule has 37 heavy (non-hydrogen) atoms. The van der Waals surface area contributed by atoms with Crippen LogP contribution in [-0.2, 0) is 16.0 Å². The normalized spacial score (nSPS) is 12.0. The molecule has 0 aliphatic heterocycles. The first-order valence-electron chi connectivity index (χ1n) is 12.3. The molecule has 7 heteroatoms. The lowest BCUT2D eigenvalue weighted by atomic mass is 9.89. The SMILES string of the molecule is CCOc1ccccc1-c1ccc(C(=O)N([C@@H](CCC(N)=O)C(=O)O)C(C)(C)Cc2ccccc2)cc1. The molecule has 0 saturated carbocycles. The van der Waals surface area contributed by atoms with Crippen molar-refractivity contribution < 1.29 is 24.2 Å². The number of hydrogen-bond donors (Lipinski definition) is 2. The van der Waals surface area contributed by atoms with Gasteiger partial charge in [-0.15, -0.1) is 0 Å². The molecule has 0 fully saturated rings. The van der Waals surface area contributed by atoms with Crippen LogP contribution in [0.3, 0.4) is 0 Å². The Bertz CT molecular complexity index is 1220. The summed E-state index contributed by atoms with van der Waals surface area (Å²) in [6.07, 6.45) is 0.212. The number of carboxylic acids is 1. The number of para-hydroxylation sites is 1. The summed E-state index contributed by atoms with van der Waals surface area (Å²) in [5.74, 6) is -1.48. The molecule has 194 valence electrons. The Balaban J connectivity index is 1.99. The minimum Gasteiger partial charge on any atom is -0.493 e. The lowest BCUT2D eigenvalue weighted by Gasteiger charge is -2.42. The van der Waals surface area contributed by atoms with E-state index in [0.29, 0.717) is 18.6 Å². The molecule has 0 aliphatic carbocycles. The summed E-state index contributed by atoms with van der Waals surface area (Å²) in [6.45, 7) is 6.12. The highest BCUT2D eigenvalue weighted by Crippen LogP contribution is 2.32. The predicted octanol–water partition coefficient (Wildman–Crippen LogP) is 4.93. The first-order chi connectivity index (χ1) is 17.6. The number of nitrogens with two attached hydrogens (primary N) is 1. The number of hydrogen-bond acceptors (Lipinski definition) is 4. The van der Waals surface area contributed by atoms with E-state index >= 15 is 0 Å². The monoisotopic (exact) mass is 502 g/mol. The zero-order valence-electron chi connectivity index (χ0n) is 21.5. The van der Waals surface area contributed by atoms with Crippen molar-refractivity contribution in [2.75, 3.05) is 6.61 Å². The molecule has 0 aliphatic rings. The third kappa shape index (κ3) is 6.97. The summed E-state index contributed by atoms with van der Waals surface area (Å²) in [6, 6.07) is 23.0. The van der Waals surface area contributed by atoms with Crippen LogP contribution in [0, 0.1) is 0 Å². The van der Waals surface area contributed by atoms with Gasteiger partial charge in [0.1, 0.15) is 11.8 Å². The van der Waals surface area contributed by atoms with Crippen LogP contribution in [-0.4, -0.2) is 46.0 Å². The van der Waals surface area contributed by atoms with Gasteiger partial charge in [0.15, 0.2) is 0 Å². The lowest BCUT2D eigenvalue weighted by Crippen LogP contribution is -2.57. The number of carbonyl (C=O) groups is 3. The van der Waals surface area contributed by atoms with Crippen molar-refractivity contribution in [2.24, 2.45) is 5.73 Å². The third-order valence-electron chi connectivity index (χ3n) is 6.24. The summed E-state index contributed by atoms with van der Waals surface area (Å²) in [7, 11) is 0. The Kier molecular flexibility index (Phi) is 9.06. The summed E-state index contributed by atoms with van der Waals surface area (Å²) >= 11 is 0. The van der Waals surface area contributed by atoms with Crippen LogP contribution in [0.25, 0.3) is 11.1 Å². The van der Waals surface area contributed by atoms with Gasteiger partial charge in [-0.25, -0.2) is 4.79 Å².